The summed E-state index contributed by atoms with van der Waals surface area (Å²) in [5.41, 5.74) is 3.23. The van der Waals surface area contributed by atoms with Crippen LogP contribution in [0.4, 0.5) is 21.7 Å². The predicted octanol–water partition coefficient (Wildman–Crippen LogP) is 3.53. The highest BCUT2D eigenvalue weighted by molar-refractivity contribution is 9.10. The number of anilines is 3. The minimum absolute atomic E-state index is 0.170. The zero-order chi connectivity index (χ0) is 14.7. The second kappa shape index (κ2) is 6.15. The monoisotopic (exact) mass is 339 g/mol. The topological polar surface area (TPSA) is 75.9 Å². The molecule has 5 nitrogen and oxygen atoms in total. The van der Waals surface area contributed by atoms with Gasteiger partial charge in [0, 0.05) is 17.7 Å². The summed E-state index contributed by atoms with van der Waals surface area (Å²) in [7, 11) is 0. The van der Waals surface area contributed by atoms with E-state index in [-0.39, 0.29) is 11.7 Å². The largest absolute Gasteiger partial charge is 0.340 e. The minimum Gasteiger partial charge on any atom is -0.340 e. The van der Waals surface area contributed by atoms with Gasteiger partial charge in [0.2, 0.25) is 0 Å². The van der Waals surface area contributed by atoms with E-state index in [1.165, 1.54) is 6.07 Å². The summed E-state index contributed by atoms with van der Waals surface area (Å²) < 4.78 is 13.6. The van der Waals surface area contributed by atoms with Crippen LogP contribution in [0.15, 0.2) is 28.7 Å². The fraction of sp³-hybridized carbons (Fsp3) is 0.231. The Morgan fingerprint density at radius 1 is 1.20 bits per heavy atom. The molecule has 0 radical (unpaired) electrons. The van der Waals surface area contributed by atoms with E-state index in [0.717, 1.165) is 5.69 Å². The molecule has 0 aliphatic rings. The lowest BCUT2D eigenvalue weighted by atomic mass is 10.2. The molecule has 0 aliphatic carbocycles. The van der Waals surface area contributed by atoms with E-state index in [9.17, 15) is 4.39 Å². The Labute approximate surface area is 124 Å². The van der Waals surface area contributed by atoms with Crippen molar-refractivity contribution in [1.82, 2.24) is 9.97 Å². The first-order valence-corrected chi connectivity index (χ1v) is 6.86. The third-order valence-corrected chi connectivity index (χ3v) is 3.21. The smallest absolute Gasteiger partial charge is 0.145 e. The Morgan fingerprint density at radius 3 is 2.50 bits per heavy atom. The van der Waals surface area contributed by atoms with Crippen molar-refractivity contribution in [2.24, 2.45) is 5.84 Å². The van der Waals surface area contributed by atoms with Gasteiger partial charge in [-0.1, -0.05) is 13.8 Å². The fourth-order valence-corrected chi connectivity index (χ4v) is 1.96. The van der Waals surface area contributed by atoms with Gasteiger partial charge in [0.1, 0.15) is 23.3 Å². The number of benzene rings is 1. The van der Waals surface area contributed by atoms with E-state index in [2.05, 4.69) is 36.6 Å². The van der Waals surface area contributed by atoms with Crippen LogP contribution in [-0.4, -0.2) is 9.97 Å². The molecule has 0 spiro atoms. The summed E-state index contributed by atoms with van der Waals surface area (Å²) >= 11 is 3.15. The maximum Gasteiger partial charge on any atom is 0.145 e. The minimum atomic E-state index is -0.314. The van der Waals surface area contributed by atoms with Gasteiger partial charge in [0.05, 0.1) is 4.47 Å². The van der Waals surface area contributed by atoms with E-state index < -0.39 is 0 Å². The molecule has 2 rings (SSSR count). The van der Waals surface area contributed by atoms with Gasteiger partial charge in [0.25, 0.3) is 0 Å². The summed E-state index contributed by atoms with van der Waals surface area (Å²) in [6.45, 7) is 3.99. The molecule has 0 atom stereocenters. The van der Waals surface area contributed by atoms with Crippen LogP contribution in [-0.2, 0) is 0 Å². The van der Waals surface area contributed by atoms with Gasteiger partial charge in [-0.2, -0.15) is 0 Å². The summed E-state index contributed by atoms with van der Waals surface area (Å²) in [6, 6.07) is 6.33. The summed E-state index contributed by atoms with van der Waals surface area (Å²) in [6.07, 6.45) is 0. The van der Waals surface area contributed by atoms with Crippen LogP contribution in [0.5, 0.6) is 0 Å². The van der Waals surface area contributed by atoms with Crippen LogP contribution in [0.25, 0.3) is 0 Å². The second-order valence-corrected chi connectivity index (χ2v) is 5.40. The molecule has 1 heterocycles. The number of hydrazine groups is 1. The van der Waals surface area contributed by atoms with Crippen molar-refractivity contribution in [2.45, 2.75) is 19.8 Å². The molecule has 7 heteroatoms. The van der Waals surface area contributed by atoms with Crippen molar-refractivity contribution in [3.8, 4) is 0 Å². The van der Waals surface area contributed by atoms with Crippen LogP contribution in [0, 0.1) is 5.82 Å². The standard InChI is InChI=1S/C13H15BrFN5/c1-7(2)13-18-11(6-12(19-13)20-16)17-8-3-4-10(15)9(14)5-8/h3-7H,16H2,1-2H3,(H2,17,18,19,20). The molecule has 2 aromatic rings. The molecule has 20 heavy (non-hydrogen) atoms. The molecule has 0 aliphatic heterocycles. The Balaban J connectivity index is 2.32. The highest BCUT2D eigenvalue weighted by atomic mass is 79.9. The maximum atomic E-state index is 13.2. The zero-order valence-electron chi connectivity index (χ0n) is 11.1. The first-order valence-electron chi connectivity index (χ1n) is 6.07. The molecule has 1 aromatic carbocycles. The van der Waals surface area contributed by atoms with Crippen molar-refractivity contribution in [3.05, 3.63) is 40.4 Å². The van der Waals surface area contributed by atoms with Gasteiger partial charge in [-0.25, -0.2) is 20.2 Å². The summed E-state index contributed by atoms with van der Waals surface area (Å²) in [4.78, 5) is 8.67. The Hall–Kier alpha value is -1.73. The maximum absolute atomic E-state index is 13.2. The van der Waals surface area contributed by atoms with Crippen molar-refractivity contribution < 1.29 is 4.39 Å². The van der Waals surface area contributed by atoms with Crippen LogP contribution < -0.4 is 16.6 Å². The number of nitrogens with zero attached hydrogens (tertiary/aromatic N) is 2. The van der Waals surface area contributed by atoms with Gasteiger partial charge < -0.3 is 10.7 Å². The molecule has 0 unspecified atom stereocenters. The highest BCUT2D eigenvalue weighted by Crippen LogP contribution is 2.24. The number of halogens is 2. The molecule has 106 valence electrons. The van der Waals surface area contributed by atoms with E-state index in [0.29, 0.717) is 21.9 Å². The fourth-order valence-electron chi connectivity index (χ4n) is 1.58. The Bertz CT molecular complexity index is 618. The number of hydrogen-bond acceptors (Lipinski definition) is 5. The van der Waals surface area contributed by atoms with Crippen molar-refractivity contribution in [1.29, 1.82) is 0 Å². The average molecular weight is 340 g/mol. The van der Waals surface area contributed by atoms with Gasteiger partial charge in [-0.15, -0.1) is 0 Å². The van der Waals surface area contributed by atoms with Crippen LogP contribution in [0.3, 0.4) is 0 Å². The number of nitrogens with two attached hydrogens (primary N) is 1. The van der Waals surface area contributed by atoms with E-state index in [4.69, 9.17) is 5.84 Å². The number of aromatic nitrogens is 2. The van der Waals surface area contributed by atoms with Crippen LogP contribution in [0.1, 0.15) is 25.6 Å². The van der Waals surface area contributed by atoms with Gasteiger partial charge in [0.15, 0.2) is 0 Å². The normalized spacial score (nSPS) is 10.7. The first kappa shape index (κ1) is 14.7. The van der Waals surface area contributed by atoms with Crippen LogP contribution >= 0.6 is 15.9 Å². The van der Waals surface area contributed by atoms with Gasteiger partial charge in [-0.05, 0) is 34.1 Å². The van der Waals surface area contributed by atoms with Crippen LogP contribution in [0.2, 0.25) is 0 Å². The van der Waals surface area contributed by atoms with Crippen molar-refractivity contribution in [3.63, 3.8) is 0 Å². The molecule has 0 saturated carbocycles. The quantitative estimate of drug-likeness (QED) is 0.586. The lowest BCUT2D eigenvalue weighted by Crippen LogP contribution is -2.12. The van der Waals surface area contributed by atoms with Gasteiger partial charge >= 0.3 is 0 Å². The second-order valence-electron chi connectivity index (χ2n) is 4.55. The first-order chi connectivity index (χ1) is 9.49. The molecule has 0 amide bonds. The third kappa shape index (κ3) is 3.43. The number of hydrogen-bond donors (Lipinski definition) is 3. The molecular formula is C13H15BrFN5. The predicted molar refractivity (Wildman–Crippen MR) is 81.3 cm³/mol. The van der Waals surface area contributed by atoms with E-state index in [1.807, 2.05) is 13.8 Å². The molecule has 0 saturated heterocycles. The third-order valence-electron chi connectivity index (χ3n) is 2.60. The van der Waals surface area contributed by atoms with E-state index in [1.54, 1.807) is 18.2 Å². The van der Waals surface area contributed by atoms with Crippen molar-refractivity contribution in [2.75, 3.05) is 10.7 Å². The average Bonchev–Trinajstić information content (AvgIpc) is 2.42. The van der Waals surface area contributed by atoms with Crippen molar-refractivity contribution >= 4 is 33.3 Å². The number of nitrogens with one attached hydrogen (secondary N) is 2. The molecule has 1 aromatic heterocycles. The van der Waals surface area contributed by atoms with Gasteiger partial charge in [-0.3, -0.25) is 0 Å². The lowest BCUT2D eigenvalue weighted by Gasteiger charge is -2.11. The van der Waals surface area contributed by atoms with E-state index >= 15 is 0 Å². The summed E-state index contributed by atoms with van der Waals surface area (Å²) in [5, 5.41) is 3.10. The SMILES string of the molecule is CC(C)c1nc(NN)cc(Nc2ccc(F)c(Br)c2)n1. The molecule has 0 bridgehead atoms. The Kier molecular flexibility index (Phi) is 4.51. The zero-order valence-corrected chi connectivity index (χ0v) is 12.7. The molecule has 0 fully saturated rings. The number of nitrogen functional groups attached to an aromatic ring is 1. The Morgan fingerprint density at radius 2 is 1.90 bits per heavy atom. The molecular weight excluding hydrogens is 325 g/mol. The number of rotatable bonds is 4. The molecule has 4 N–H and O–H groups in total. The highest BCUT2D eigenvalue weighted by Gasteiger charge is 2.08. The summed E-state index contributed by atoms with van der Waals surface area (Å²) in [5.74, 6) is 7.04. The lowest BCUT2D eigenvalue weighted by molar-refractivity contribution is 0.621.